The summed E-state index contributed by atoms with van der Waals surface area (Å²) in [5, 5.41) is 15.4. The highest BCUT2D eigenvalue weighted by Gasteiger charge is 2.27. The molecule has 0 fully saturated rings. The molecule has 0 saturated heterocycles. The van der Waals surface area contributed by atoms with E-state index in [1.54, 1.807) is 0 Å². The van der Waals surface area contributed by atoms with Crippen LogP contribution < -0.4 is 15.0 Å². The molecule has 5 rings (SSSR count). The van der Waals surface area contributed by atoms with Gasteiger partial charge in [0.1, 0.15) is 11.9 Å². The number of carboxylic acids is 1. The lowest BCUT2D eigenvalue weighted by molar-refractivity contribution is -0.137. The Morgan fingerprint density at radius 3 is 2.61 bits per heavy atom. The Labute approximate surface area is 212 Å². The number of nitrogens with zero attached hydrogens (tertiary/aromatic N) is 1. The lowest BCUT2D eigenvalue weighted by atomic mass is 9.97. The second-order valence-corrected chi connectivity index (χ2v) is 9.61. The molecule has 2 unspecified atom stereocenters. The maximum atomic E-state index is 11.2. The Hall–Kier alpha value is -3.83. The van der Waals surface area contributed by atoms with Gasteiger partial charge in [-0.05, 0) is 59.0 Å². The molecular weight excluding hydrogens is 448 g/mol. The number of ether oxygens (including phenoxy) is 1. The predicted molar refractivity (Wildman–Crippen MR) is 145 cm³/mol. The van der Waals surface area contributed by atoms with Crippen molar-refractivity contribution in [3.8, 4) is 5.75 Å². The van der Waals surface area contributed by atoms with Crippen molar-refractivity contribution in [2.24, 2.45) is 0 Å². The van der Waals surface area contributed by atoms with Gasteiger partial charge in [-0.15, -0.1) is 0 Å². The topological polar surface area (TPSA) is 61.8 Å². The maximum Gasteiger partial charge on any atom is 0.303 e. The zero-order valence-electron chi connectivity index (χ0n) is 20.7. The Morgan fingerprint density at radius 2 is 1.75 bits per heavy atom. The summed E-state index contributed by atoms with van der Waals surface area (Å²) in [7, 11) is 0. The first-order valence-electron chi connectivity index (χ1n) is 12.6. The molecule has 0 radical (unpaired) electrons. The highest BCUT2D eigenvalue weighted by Crippen LogP contribution is 2.39. The molecule has 1 aliphatic rings. The van der Waals surface area contributed by atoms with Gasteiger partial charge in [-0.25, -0.2) is 0 Å². The second-order valence-electron chi connectivity index (χ2n) is 9.61. The number of fused-ring (bicyclic) bond motifs is 2. The van der Waals surface area contributed by atoms with E-state index in [9.17, 15) is 9.90 Å². The number of anilines is 2. The molecular formula is C31H32N2O3. The number of rotatable bonds is 8. The van der Waals surface area contributed by atoms with Crippen molar-refractivity contribution in [3.05, 3.63) is 102 Å². The van der Waals surface area contributed by atoms with E-state index >= 15 is 0 Å². The number of para-hydroxylation sites is 2. The van der Waals surface area contributed by atoms with Crippen LogP contribution in [0.4, 0.5) is 11.4 Å². The minimum Gasteiger partial charge on any atom is -0.485 e. The number of aliphatic carboxylic acids is 1. The van der Waals surface area contributed by atoms with Crippen LogP contribution >= 0.6 is 0 Å². The summed E-state index contributed by atoms with van der Waals surface area (Å²) in [5.74, 6) is 0.0196. The normalized spacial score (nSPS) is 16.7. The van der Waals surface area contributed by atoms with E-state index in [0.717, 1.165) is 22.7 Å². The molecule has 0 spiro atoms. The van der Waals surface area contributed by atoms with Gasteiger partial charge in [-0.2, -0.15) is 0 Å². The second kappa shape index (κ2) is 10.4. The number of carbonyl (C=O) groups is 1. The largest absolute Gasteiger partial charge is 0.485 e. The van der Waals surface area contributed by atoms with Crippen LogP contribution in [-0.2, 0) is 4.79 Å². The van der Waals surface area contributed by atoms with Crippen molar-refractivity contribution >= 4 is 28.1 Å². The molecule has 2 N–H and O–H groups in total. The summed E-state index contributed by atoms with van der Waals surface area (Å²) in [4.78, 5) is 13.5. The molecule has 4 aromatic carbocycles. The summed E-state index contributed by atoms with van der Waals surface area (Å²) >= 11 is 0. The maximum absolute atomic E-state index is 11.2. The van der Waals surface area contributed by atoms with Gasteiger partial charge in [-0.1, -0.05) is 73.7 Å². The number of nitrogens with one attached hydrogen (secondary N) is 1. The third-order valence-corrected chi connectivity index (χ3v) is 7.01. The van der Waals surface area contributed by atoms with E-state index in [4.69, 9.17) is 4.74 Å². The summed E-state index contributed by atoms with van der Waals surface area (Å²) < 4.78 is 6.41. The Balaban J connectivity index is 1.36. The van der Waals surface area contributed by atoms with Gasteiger partial charge in [0.2, 0.25) is 0 Å². The van der Waals surface area contributed by atoms with Crippen LogP contribution in [0.3, 0.4) is 0 Å². The molecule has 184 valence electrons. The summed E-state index contributed by atoms with van der Waals surface area (Å²) in [5.41, 5.74) is 4.38. The molecule has 1 heterocycles. The molecule has 5 heteroatoms. The van der Waals surface area contributed by atoms with E-state index in [0.29, 0.717) is 13.1 Å². The Morgan fingerprint density at radius 1 is 1.00 bits per heavy atom. The fourth-order valence-corrected chi connectivity index (χ4v) is 5.07. The standard InChI is InChI=1S/C31H32N2O3/c1-21(17-31(34)35)24-11-7-12-25(18-24)33-20-26(36-30-16-6-5-15-29(30)33)19-32-22(2)27-14-8-10-23-9-3-4-13-28(23)27/h3-16,18,21-22,26,32H,17,19-20H2,1-2H3,(H,34,35)/t21?,22-,26?/m1/s1. The number of hydrogen-bond donors (Lipinski definition) is 2. The molecule has 4 aromatic rings. The lowest BCUT2D eigenvalue weighted by Crippen LogP contribution is -2.44. The summed E-state index contributed by atoms with van der Waals surface area (Å²) in [6, 6.07) is 31.4. The van der Waals surface area contributed by atoms with Crippen LogP contribution in [0.2, 0.25) is 0 Å². The lowest BCUT2D eigenvalue weighted by Gasteiger charge is -2.37. The van der Waals surface area contributed by atoms with Crippen molar-refractivity contribution in [2.75, 3.05) is 18.0 Å². The van der Waals surface area contributed by atoms with Crippen LogP contribution in [0, 0.1) is 0 Å². The average Bonchev–Trinajstić information content (AvgIpc) is 2.90. The number of carboxylic acid groups (broad SMARTS) is 1. The first kappa shape index (κ1) is 23.9. The van der Waals surface area contributed by atoms with E-state index < -0.39 is 5.97 Å². The molecule has 1 aliphatic heterocycles. The van der Waals surface area contributed by atoms with Gasteiger partial charge in [-0.3, -0.25) is 4.79 Å². The SMILES string of the molecule is CC(CC(=O)O)c1cccc(N2CC(CN[C@H](C)c3cccc4ccccc34)Oc3ccccc32)c1. The van der Waals surface area contributed by atoms with Crippen LogP contribution in [0.5, 0.6) is 5.75 Å². The molecule has 0 aromatic heterocycles. The van der Waals surface area contributed by atoms with Crippen molar-refractivity contribution in [1.82, 2.24) is 5.32 Å². The molecule has 5 nitrogen and oxygen atoms in total. The van der Waals surface area contributed by atoms with Crippen LogP contribution in [-0.4, -0.2) is 30.3 Å². The fourth-order valence-electron chi connectivity index (χ4n) is 5.07. The van der Waals surface area contributed by atoms with E-state index in [2.05, 4.69) is 77.8 Å². The smallest absolute Gasteiger partial charge is 0.303 e. The van der Waals surface area contributed by atoms with Crippen LogP contribution in [0.15, 0.2) is 91.0 Å². The molecule has 0 amide bonds. The van der Waals surface area contributed by atoms with Gasteiger partial charge in [0.05, 0.1) is 18.7 Å². The van der Waals surface area contributed by atoms with Crippen molar-refractivity contribution in [2.45, 2.75) is 38.3 Å². The predicted octanol–water partition coefficient (Wildman–Crippen LogP) is 6.67. The summed E-state index contributed by atoms with van der Waals surface area (Å²) in [6.45, 7) is 5.55. The zero-order valence-corrected chi connectivity index (χ0v) is 20.7. The van der Waals surface area contributed by atoms with Gasteiger partial charge in [0.15, 0.2) is 0 Å². The van der Waals surface area contributed by atoms with Gasteiger partial charge < -0.3 is 20.1 Å². The third kappa shape index (κ3) is 5.07. The van der Waals surface area contributed by atoms with E-state index in [1.165, 1.54) is 16.3 Å². The minimum absolute atomic E-state index is 0.0441. The van der Waals surface area contributed by atoms with Crippen molar-refractivity contribution < 1.29 is 14.6 Å². The van der Waals surface area contributed by atoms with Crippen molar-refractivity contribution in [3.63, 3.8) is 0 Å². The molecule has 0 aliphatic carbocycles. The summed E-state index contributed by atoms with van der Waals surface area (Å²) in [6.07, 6.45) is 0.0688. The van der Waals surface area contributed by atoms with Gasteiger partial charge in [0, 0.05) is 18.3 Å². The monoisotopic (exact) mass is 480 g/mol. The number of benzene rings is 4. The highest BCUT2D eigenvalue weighted by molar-refractivity contribution is 5.86. The minimum atomic E-state index is -0.781. The fraction of sp³-hybridized carbons (Fsp3) is 0.258. The van der Waals surface area contributed by atoms with Gasteiger partial charge >= 0.3 is 5.97 Å². The molecule has 0 bridgehead atoms. The quantitative estimate of drug-likeness (QED) is 0.295. The van der Waals surface area contributed by atoms with Crippen molar-refractivity contribution in [1.29, 1.82) is 0 Å². The Bertz CT molecular complexity index is 1360. The van der Waals surface area contributed by atoms with E-state index in [-0.39, 0.29) is 24.5 Å². The Kier molecular flexibility index (Phi) is 6.92. The van der Waals surface area contributed by atoms with E-state index in [1.807, 2.05) is 37.3 Å². The molecule has 3 atom stereocenters. The van der Waals surface area contributed by atoms with Gasteiger partial charge in [0.25, 0.3) is 0 Å². The number of hydrogen-bond acceptors (Lipinski definition) is 4. The van der Waals surface area contributed by atoms with Crippen LogP contribution in [0.1, 0.15) is 43.4 Å². The zero-order chi connectivity index (χ0) is 25.1. The molecule has 36 heavy (non-hydrogen) atoms. The molecule has 0 saturated carbocycles. The average molecular weight is 481 g/mol. The first-order chi connectivity index (χ1) is 17.5. The van der Waals surface area contributed by atoms with Crippen LogP contribution in [0.25, 0.3) is 10.8 Å². The first-order valence-corrected chi connectivity index (χ1v) is 12.6. The highest BCUT2D eigenvalue weighted by atomic mass is 16.5. The third-order valence-electron chi connectivity index (χ3n) is 7.01.